The number of carbonyl (C=O) groups excluding carboxylic acids is 2. The van der Waals surface area contributed by atoms with E-state index < -0.39 is 33.5 Å². The molecule has 2 heterocycles. The van der Waals surface area contributed by atoms with Crippen molar-refractivity contribution >= 4 is 33.1 Å². The van der Waals surface area contributed by atoms with Gasteiger partial charge in [0, 0.05) is 18.8 Å². The first-order valence-electron chi connectivity index (χ1n) is 9.86. The molecule has 0 spiro atoms. The first-order valence-corrected chi connectivity index (χ1v) is 11.7. The molecule has 0 aliphatic heterocycles. The monoisotopic (exact) mass is 493 g/mol. The molecule has 34 heavy (non-hydrogen) atoms. The summed E-state index contributed by atoms with van der Waals surface area (Å²) in [6.07, 6.45) is -0.557. The Morgan fingerprint density at radius 3 is 2.24 bits per heavy atom. The van der Waals surface area contributed by atoms with Gasteiger partial charge in [-0.15, -0.1) is 4.68 Å². The molecule has 14 heteroatoms. The maximum absolute atomic E-state index is 13.5. The highest BCUT2D eigenvalue weighted by Gasteiger charge is 2.33. The summed E-state index contributed by atoms with van der Waals surface area (Å²) >= 11 is 0. The van der Waals surface area contributed by atoms with Gasteiger partial charge in [-0.2, -0.15) is 9.67 Å². The lowest BCUT2D eigenvalue weighted by Gasteiger charge is -2.22. The summed E-state index contributed by atoms with van der Waals surface area (Å²) in [5.41, 5.74) is -0.840. The summed E-state index contributed by atoms with van der Waals surface area (Å²) < 4.78 is 35.8. The van der Waals surface area contributed by atoms with E-state index >= 15 is 0 Å². The zero-order chi connectivity index (χ0) is 25.5. The maximum atomic E-state index is 13.5. The van der Waals surface area contributed by atoms with Crippen molar-refractivity contribution in [3.8, 4) is 11.3 Å². The number of rotatable bonds is 4. The number of sulfonamides is 1. The number of benzene rings is 1. The fourth-order valence-corrected chi connectivity index (χ4v) is 4.35. The van der Waals surface area contributed by atoms with Crippen LogP contribution in [0.5, 0.6) is 0 Å². The summed E-state index contributed by atoms with van der Waals surface area (Å²) in [5.74, 6) is -0.111. The molecule has 182 valence electrons. The maximum Gasteiger partial charge on any atom is 0.443 e. The van der Waals surface area contributed by atoms with Crippen molar-refractivity contribution in [1.29, 1.82) is 0 Å². The molecule has 0 bridgehead atoms. The second-order valence-corrected chi connectivity index (χ2v) is 9.44. The summed E-state index contributed by atoms with van der Waals surface area (Å²) in [5, 5.41) is 3.92. The second-order valence-electron chi connectivity index (χ2n) is 7.63. The highest BCUT2D eigenvalue weighted by Crippen LogP contribution is 2.32. The van der Waals surface area contributed by atoms with Crippen LogP contribution < -0.4 is 15.7 Å². The van der Waals surface area contributed by atoms with E-state index in [1.54, 1.807) is 24.0 Å². The normalized spacial score (nSPS) is 11.6. The molecule has 1 amide bonds. The number of fused-ring (bicyclic) bond motifs is 1. The number of ether oxygens (including phenoxy) is 2. The Balaban J connectivity index is 2.62. The van der Waals surface area contributed by atoms with Crippen molar-refractivity contribution in [2.45, 2.75) is 19.8 Å². The number of hydrogen-bond acceptors (Lipinski definition) is 9. The molecule has 0 N–H and O–H groups in total. The fourth-order valence-electron chi connectivity index (χ4n) is 3.57. The van der Waals surface area contributed by atoms with E-state index in [2.05, 4.69) is 9.84 Å². The van der Waals surface area contributed by atoms with Gasteiger partial charge in [0.25, 0.3) is 15.6 Å². The van der Waals surface area contributed by atoms with E-state index in [0.29, 0.717) is 27.6 Å². The van der Waals surface area contributed by atoms with Crippen LogP contribution in [0.2, 0.25) is 0 Å². The van der Waals surface area contributed by atoms with Crippen LogP contribution >= 0.6 is 0 Å². The van der Waals surface area contributed by atoms with E-state index in [-0.39, 0.29) is 25.9 Å². The summed E-state index contributed by atoms with van der Waals surface area (Å²) in [6, 6.07) is 4.60. The van der Waals surface area contributed by atoms with Gasteiger partial charge in [-0.3, -0.25) is 9.48 Å². The fraction of sp³-hybridized carbons (Fsp3) is 0.350. The first kappa shape index (κ1) is 24.7. The molecule has 0 aliphatic rings. The van der Waals surface area contributed by atoms with Crippen molar-refractivity contribution in [1.82, 2.24) is 19.0 Å². The van der Waals surface area contributed by atoms with Gasteiger partial charge in [0.2, 0.25) is 0 Å². The lowest BCUT2D eigenvalue weighted by molar-refractivity contribution is 0.169. The van der Waals surface area contributed by atoms with Gasteiger partial charge in [-0.25, -0.2) is 22.8 Å². The largest absolute Gasteiger partial charge is 0.452 e. The third kappa shape index (κ3) is 3.96. The van der Waals surface area contributed by atoms with Crippen molar-refractivity contribution in [2.24, 2.45) is 7.05 Å². The molecule has 0 radical (unpaired) electrons. The van der Waals surface area contributed by atoms with E-state index in [4.69, 9.17) is 4.74 Å². The Morgan fingerprint density at radius 1 is 1.12 bits per heavy atom. The number of amides is 1. The Hall–Kier alpha value is -3.94. The van der Waals surface area contributed by atoms with Crippen LogP contribution in [0.1, 0.15) is 25.3 Å². The molecule has 0 atom stereocenters. The smallest absolute Gasteiger partial charge is 0.443 e. The third-order valence-corrected chi connectivity index (χ3v) is 6.05. The van der Waals surface area contributed by atoms with Crippen LogP contribution in [0.15, 0.2) is 34.0 Å². The minimum atomic E-state index is -4.53. The Labute approximate surface area is 193 Å². The Kier molecular flexibility index (Phi) is 6.38. The number of hydrogen-bond donors (Lipinski definition) is 0. The van der Waals surface area contributed by atoms with E-state index in [0.717, 1.165) is 14.2 Å². The number of carbonyl (C=O) groups is 2. The van der Waals surface area contributed by atoms with E-state index in [1.165, 1.54) is 12.1 Å². The van der Waals surface area contributed by atoms with Gasteiger partial charge in [0.05, 0.1) is 37.1 Å². The minimum Gasteiger partial charge on any atom is -0.452 e. The quantitative estimate of drug-likeness (QED) is 0.517. The molecule has 3 aromatic rings. The van der Waals surface area contributed by atoms with Crippen LogP contribution in [0.4, 0.5) is 9.59 Å². The minimum absolute atomic E-state index is 0.0302. The molecular formula is C20H23N5O8S. The number of nitrogens with zero attached hydrogens (tertiary/aromatic N) is 5. The Morgan fingerprint density at radius 2 is 1.76 bits per heavy atom. The van der Waals surface area contributed by atoms with E-state index in [1.807, 2.05) is 13.8 Å². The van der Waals surface area contributed by atoms with Gasteiger partial charge < -0.3 is 9.47 Å². The van der Waals surface area contributed by atoms with Crippen LogP contribution in [0, 0.1) is 0 Å². The van der Waals surface area contributed by atoms with Gasteiger partial charge in [0.15, 0.2) is 0 Å². The predicted molar refractivity (Wildman–Crippen MR) is 122 cm³/mol. The highest BCUT2D eigenvalue weighted by atomic mass is 32.2. The standard InChI is InChI=1S/C20H23N5O8S/c1-11(2)12-10-16-14(9-13(12)15-7-8-21-22(15)3)17(26)24(18(27)23(16)19(28)32-4)25(20(29)33-5)34(6,30)31/h7-11H,1-6H3. The SMILES string of the molecule is COC(=O)N(n1c(=O)c2cc(-c3ccnn3C)c(C(C)C)cc2n(C(=O)OC)c1=O)S(C)(=O)=O. The van der Waals surface area contributed by atoms with Gasteiger partial charge >= 0.3 is 17.9 Å². The molecular weight excluding hydrogens is 470 g/mol. The average molecular weight is 493 g/mol. The molecule has 0 fully saturated rings. The molecule has 0 saturated carbocycles. The number of aryl methyl sites for hydroxylation is 1. The predicted octanol–water partition coefficient (Wildman–Crippen LogP) is 0.966. The average Bonchev–Trinajstić information content (AvgIpc) is 3.19. The van der Waals surface area contributed by atoms with Gasteiger partial charge in [0.1, 0.15) is 0 Å². The van der Waals surface area contributed by atoms with Crippen molar-refractivity contribution in [3.05, 3.63) is 50.8 Å². The lowest BCUT2D eigenvalue weighted by atomic mass is 9.93. The second kappa shape index (κ2) is 8.78. The summed E-state index contributed by atoms with van der Waals surface area (Å²) in [4.78, 5) is 51.6. The van der Waals surface area contributed by atoms with Crippen molar-refractivity contribution in [2.75, 3.05) is 24.9 Å². The summed E-state index contributed by atoms with van der Waals surface area (Å²) in [6.45, 7) is 3.76. The molecule has 1 aromatic carbocycles. The number of methoxy groups -OCH3 is 2. The van der Waals surface area contributed by atoms with Crippen molar-refractivity contribution < 1.29 is 27.5 Å². The van der Waals surface area contributed by atoms with Crippen molar-refractivity contribution in [3.63, 3.8) is 0 Å². The topological polar surface area (TPSA) is 152 Å². The molecule has 0 aliphatic carbocycles. The molecule has 0 saturated heterocycles. The van der Waals surface area contributed by atoms with E-state index in [9.17, 15) is 27.6 Å². The zero-order valence-corrected chi connectivity index (χ0v) is 20.1. The highest BCUT2D eigenvalue weighted by molar-refractivity contribution is 7.92. The molecule has 0 unspecified atom stereocenters. The zero-order valence-electron chi connectivity index (χ0n) is 19.3. The van der Waals surface area contributed by atoms with Crippen LogP contribution in [0.25, 0.3) is 22.2 Å². The third-order valence-electron chi connectivity index (χ3n) is 5.11. The molecule has 13 nitrogen and oxygen atoms in total. The number of aromatic nitrogens is 4. The van der Waals surface area contributed by atoms with Crippen LogP contribution in [-0.4, -0.2) is 60.1 Å². The molecule has 2 aromatic heterocycles. The van der Waals surface area contributed by atoms with Crippen LogP contribution in [-0.2, 0) is 26.5 Å². The first-order chi connectivity index (χ1) is 15.8. The Bertz CT molecular complexity index is 1530. The van der Waals surface area contributed by atoms with Gasteiger partial charge in [-0.05, 0) is 29.7 Å². The van der Waals surface area contributed by atoms with Crippen LogP contribution in [0.3, 0.4) is 0 Å². The van der Waals surface area contributed by atoms with Gasteiger partial charge in [-0.1, -0.05) is 18.3 Å². The summed E-state index contributed by atoms with van der Waals surface area (Å²) in [7, 11) is -0.949. The lowest BCUT2D eigenvalue weighted by Crippen LogP contribution is -2.57. The molecule has 3 rings (SSSR count).